The third-order valence-electron chi connectivity index (χ3n) is 7.10. The third-order valence-corrected chi connectivity index (χ3v) is 7.10. The van der Waals surface area contributed by atoms with Crippen molar-refractivity contribution in [2.45, 2.75) is 85.7 Å². The van der Waals surface area contributed by atoms with Crippen molar-refractivity contribution >= 4 is 0 Å². The minimum absolute atomic E-state index is 0.412. The Morgan fingerprint density at radius 3 is 2.09 bits per heavy atom. The molecule has 0 unspecified atom stereocenters. The Balaban J connectivity index is 1.78. The molecule has 0 aromatic carbocycles. The average Bonchev–Trinajstić information content (AvgIpc) is 2.82. The second-order valence-corrected chi connectivity index (χ2v) is 8.52. The number of hydrogen-bond donors (Lipinski definition) is 0. The van der Waals surface area contributed by atoms with Gasteiger partial charge in [0.05, 0.1) is 12.7 Å². The molecule has 0 amide bonds. The van der Waals surface area contributed by atoms with Crippen LogP contribution < -0.4 is 0 Å². The number of ether oxygens (including phenoxy) is 1. The van der Waals surface area contributed by atoms with E-state index < -0.39 is 0 Å². The monoisotopic (exact) mass is 309 g/mol. The first-order valence-electron chi connectivity index (χ1n) is 9.79. The lowest BCUT2D eigenvalue weighted by Gasteiger charge is -2.39. The van der Waals surface area contributed by atoms with Gasteiger partial charge in [0.15, 0.2) is 0 Å². The maximum Gasteiger partial charge on any atom is 0.0637 e. The van der Waals surface area contributed by atoms with E-state index >= 15 is 0 Å². The van der Waals surface area contributed by atoms with Gasteiger partial charge < -0.3 is 9.64 Å². The molecular formula is C20H39NO. The van der Waals surface area contributed by atoms with Crippen molar-refractivity contribution in [2.24, 2.45) is 16.7 Å². The van der Waals surface area contributed by atoms with Crippen LogP contribution in [-0.4, -0.2) is 37.2 Å². The van der Waals surface area contributed by atoms with Crippen molar-refractivity contribution in [3.63, 3.8) is 0 Å². The minimum atomic E-state index is 0.412. The molecule has 2 heteroatoms. The standard InChI is InChI=1S/C20H39NO/c1-6-8-12-21(13-9-7-2)14-15-22-18-16-17-10-11-20(18,5)19(17,3)4/h17-18H,6-16H2,1-5H3/t17-,18+,20+/m0/s1. The first-order chi connectivity index (χ1) is 10.5. The SMILES string of the molecule is CCCCN(CCCC)CCO[C@@H]1C[C@@H]2CC[C@@]1(C)C2(C)C. The number of fused-ring (bicyclic) bond motifs is 2. The highest BCUT2D eigenvalue weighted by Crippen LogP contribution is 2.66. The molecule has 0 N–H and O–H groups in total. The molecule has 0 aliphatic heterocycles. The Morgan fingerprint density at radius 2 is 1.64 bits per heavy atom. The van der Waals surface area contributed by atoms with E-state index in [9.17, 15) is 0 Å². The topological polar surface area (TPSA) is 12.5 Å². The Morgan fingerprint density at radius 1 is 1.00 bits per heavy atom. The van der Waals surface area contributed by atoms with Gasteiger partial charge in [-0.3, -0.25) is 0 Å². The summed E-state index contributed by atoms with van der Waals surface area (Å²) in [5.41, 5.74) is 0.886. The van der Waals surface area contributed by atoms with E-state index in [-0.39, 0.29) is 0 Å². The Bertz CT molecular complexity index is 333. The van der Waals surface area contributed by atoms with Gasteiger partial charge in [0, 0.05) is 6.54 Å². The van der Waals surface area contributed by atoms with Gasteiger partial charge in [-0.15, -0.1) is 0 Å². The number of hydrogen-bond acceptors (Lipinski definition) is 2. The summed E-state index contributed by atoms with van der Waals surface area (Å²) in [6.07, 6.45) is 9.81. The molecule has 0 spiro atoms. The molecule has 2 aliphatic rings. The second-order valence-electron chi connectivity index (χ2n) is 8.52. The highest BCUT2D eigenvalue weighted by atomic mass is 16.5. The van der Waals surface area contributed by atoms with Gasteiger partial charge in [-0.1, -0.05) is 47.5 Å². The normalized spacial score (nSPS) is 33.0. The lowest BCUT2D eigenvalue weighted by Crippen LogP contribution is -2.39. The van der Waals surface area contributed by atoms with Gasteiger partial charge in [-0.2, -0.15) is 0 Å². The number of rotatable bonds is 10. The van der Waals surface area contributed by atoms with Gasteiger partial charge in [0.25, 0.3) is 0 Å². The molecule has 2 bridgehead atoms. The zero-order valence-corrected chi connectivity index (χ0v) is 15.8. The van der Waals surface area contributed by atoms with Crippen LogP contribution in [0.15, 0.2) is 0 Å². The highest BCUT2D eigenvalue weighted by molar-refractivity contribution is 5.11. The van der Waals surface area contributed by atoms with Crippen molar-refractivity contribution in [1.82, 2.24) is 4.90 Å². The fourth-order valence-corrected chi connectivity index (χ4v) is 4.81. The molecule has 130 valence electrons. The van der Waals surface area contributed by atoms with Gasteiger partial charge in [0.2, 0.25) is 0 Å². The summed E-state index contributed by atoms with van der Waals surface area (Å²) in [5, 5.41) is 0. The van der Waals surface area contributed by atoms with Crippen molar-refractivity contribution < 1.29 is 4.74 Å². The van der Waals surface area contributed by atoms with Gasteiger partial charge >= 0.3 is 0 Å². The first-order valence-corrected chi connectivity index (χ1v) is 9.79. The fraction of sp³-hybridized carbons (Fsp3) is 1.00. The van der Waals surface area contributed by atoms with E-state index in [0.29, 0.717) is 16.9 Å². The zero-order chi connectivity index (χ0) is 16.2. The van der Waals surface area contributed by atoms with E-state index in [0.717, 1.165) is 19.1 Å². The van der Waals surface area contributed by atoms with E-state index in [1.54, 1.807) is 0 Å². The van der Waals surface area contributed by atoms with Crippen LogP contribution in [0, 0.1) is 16.7 Å². The van der Waals surface area contributed by atoms with Gasteiger partial charge in [-0.25, -0.2) is 0 Å². The zero-order valence-electron chi connectivity index (χ0n) is 15.8. The Labute approximate surface area is 139 Å². The van der Waals surface area contributed by atoms with Crippen molar-refractivity contribution in [3.05, 3.63) is 0 Å². The van der Waals surface area contributed by atoms with Crippen LogP contribution >= 0.6 is 0 Å². The predicted molar refractivity (Wildman–Crippen MR) is 95.2 cm³/mol. The molecule has 2 saturated carbocycles. The average molecular weight is 310 g/mol. The minimum Gasteiger partial charge on any atom is -0.376 e. The summed E-state index contributed by atoms with van der Waals surface area (Å²) < 4.78 is 6.42. The molecule has 22 heavy (non-hydrogen) atoms. The summed E-state index contributed by atoms with van der Waals surface area (Å²) in [4.78, 5) is 2.62. The van der Waals surface area contributed by atoms with Crippen LogP contribution in [-0.2, 0) is 4.74 Å². The quantitative estimate of drug-likeness (QED) is 0.555. The lowest BCUT2D eigenvalue weighted by molar-refractivity contribution is -0.0519. The summed E-state index contributed by atoms with van der Waals surface area (Å²) in [5.74, 6) is 0.888. The molecule has 2 rings (SSSR count). The molecule has 2 aliphatic carbocycles. The second kappa shape index (κ2) is 7.66. The van der Waals surface area contributed by atoms with Gasteiger partial charge in [0.1, 0.15) is 0 Å². The maximum absolute atomic E-state index is 6.42. The highest BCUT2D eigenvalue weighted by Gasteiger charge is 2.61. The van der Waals surface area contributed by atoms with Crippen molar-refractivity contribution in [2.75, 3.05) is 26.2 Å². The third kappa shape index (κ3) is 3.53. The molecule has 0 saturated heterocycles. The molecule has 0 heterocycles. The number of nitrogens with zero attached hydrogens (tertiary/aromatic N) is 1. The van der Waals surface area contributed by atoms with Crippen molar-refractivity contribution in [1.29, 1.82) is 0 Å². The predicted octanol–water partition coefficient (Wildman–Crippen LogP) is 5.12. The van der Waals surface area contributed by atoms with Crippen molar-refractivity contribution in [3.8, 4) is 0 Å². The lowest BCUT2D eigenvalue weighted by atomic mass is 9.70. The molecule has 0 aromatic rings. The molecule has 0 radical (unpaired) electrons. The van der Waals surface area contributed by atoms with E-state index in [2.05, 4.69) is 39.5 Å². The smallest absolute Gasteiger partial charge is 0.0637 e. The van der Waals surface area contributed by atoms with Crippen LogP contribution in [0.4, 0.5) is 0 Å². The Hall–Kier alpha value is -0.0800. The molecule has 0 aromatic heterocycles. The van der Waals surface area contributed by atoms with Crippen LogP contribution in [0.25, 0.3) is 0 Å². The van der Waals surface area contributed by atoms with E-state index in [4.69, 9.17) is 4.74 Å². The molecule has 2 nitrogen and oxygen atoms in total. The van der Waals surface area contributed by atoms with Crippen LogP contribution in [0.3, 0.4) is 0 Å². The van der Waals surface area contributed by atoms with E-state index in [1.165, 1.54) is 58.0 Å². The molecule has 3 atom stereocenters. The summed E-state index contributed by atoms with van der Waals surface area (Å²) >= 11 is 0. The fourth-order valence-electron chi connectivity index (χ4n) is 4.81. The van der Waals surface area contributed by atoms with Crippen LogP contribution in [0.1, 0.15) is 79.6 Å². The summed E-state index contributed by atoms with van der Waals surface area (Å²) in [6, 6.07) is 0. The van der Waals surface area contributed by atoms with Gasteiger partial charge in [-0.05, 0) is 61.9 Å². The summed E-state index contributed by atoms with van der Waals surface area (Å²) in [7, 11) is 0. The van der Waals surface area contributed by atoms with Crippen LogP contribution in [0.2, 0.25) is 0 Å². The number of unbranched alkanes of at least 4 members (excludes halogenated alkanes) is 2. The summed E-state index contributed by atoms with van der Waals surface area (Å²) in [6.45, 7) is 16.5. The molecular weight excluding hydrogens is 270 g/mol. The first kappa shape index (κ1) is 18.3. The van der Waals surface area contributed by atoms with E-state index in [1.807, 2.05) is 0 Å². The maximum atomic E-state index is 6.42. The largest absolute Gasteiger partial charge is 0.376 e. The Kier molecular flexibility index (Phi) is 6.36. The molecule has 2 fully saturated rings. The van der Waals surface area contributed by atoms with Crippen LogP contribution in [0.5, 0.6) is 0 Å².